The first-order valence-corrected chi connectivity index (χ1v) is 12.3. The summed E-state index contributed by atoms with van der Waals surface area (Å²) in [5.74, 6) is 0.988. The van der Waals surface area contributed by atoms with Crippen LogP contribution < -0.4 is 19.7 Å². The van der Waals surface area contributed by atoms with E-state index in [0.717, 1.165) is 11.4 Å². The number of nitrogens with zero attached hydrogens (tertiary/aromatic N) is 2. The van der Waals surface area contributed by atoms with E-state index in [0.29, 0.717) is 53.8 Å². The molecule has 36 heavy (non-hydrogen) atoms. The smallest absolute Gasteiger partial charge is 0.257 e. The molecular weight excluding hydrogens is 478 g/mol. The van der Waals surface area contributed by atoms with Gasteiger partial charge in [-0.25, -0.2) is 0 Å². The number of methoxy groups -OCH3 is 1. The summed E-state index contributed by atoms with van der Waals surface area (Å²) >= 11 is 6.10. The minimum Gasteiger partial charge on any atom is -0.496 e. The Balaban J connectivity index is 1.32. The predicted molar refractivity (Wildman–Crippen MR) is 143 cm³/mol. The summed E-state index contributed by atoms with van der Waals surface area (Å²) in [5.41, 5.74) is 2.79. The van der Waals surface area contributed by atoms with Gasteiger partial charge in [0.15, 0.2) is 0 Å². The van der Waals surface area contributed by atoms with Gasteiger partial charge >= 0.3 is 0 Å². The van der Waals surface area contributed by atoms with Crippen molar-refractivity contribution in [2.75, 3.05) is 43.5 Å². The van der Waals surface area contributed by atoms with Gasteiger partial charge in [0, 0.05) is 48.1 Å². The van der Waals surface area contributed by atoms with Gasteiger partial charge in [-0.1, -0.05) is 11.6 Å². The molecule has 188 valence electrons. The monoisotopic (exact) mass is 507 g/mol. The first-order valence-electron chi connectivity index (χ1n) is 11.9. The van der Waals surface area contributed by atoms with Crippen molar-refractivity contribution in [3.8, 4) is 11.5 Å². The Morgan fingerprint density at radius 3 is 2.19 bits per heavy atom. The maximum absolute atomic E-state index is 13.0. The largest absolute Gasteiger partial charge is 0.496 e. The maximum atomic E-state index is 13.0. The zero-order chi connectivity index (χ0) is 25.7. The number of hydrogen-bond donors (Lipinski definition) is 1. The predicted octanol–water partition coefficient (Wildman–Crippen LogP) is 5.35. The molecule has 0 saturated carbocycles. The van der Waals surface area contributed by atoms with E-state index < -0.39 is 0 Å². The molecule has 3 aromatic carbocycles. The molecule has 0 radical (unpaired) electrons. The lowest BCUT2D eigenvalue weighted by Gasteiger charge is -2.36. The van der Waals surface area contributed by atoms with E-state index in [1.165, 1.54) is 0 Å². The van der Waals surface area contributed by atoms with Crippen molar-refractivity contribution in [2.24, 2.45) is 0 Å². The van der Waals surface area contributed by atoms with Crippen LogP contribution in [0.4, 0.5) is 11.4 Å². The molecule has 4 rings (SSSR count). The van der Waals surface area contributed by atoms with E-state index in [1.54, 1.807) is 49.6 Å². The van der Waals surface area contributed by atoms with Crippen LogP contribution in [0.3, 0.4) is 0 Å². The molecule has 1 heterocycles. The van der Waals surface area contributed by atoms with Gasteiger partial charge < -0.3 is 24.6 Å². The van der Waals surface area contributed by atoms with Gasteiger partial charge in [-0.15, -0.1) is 0 Å². The van der Waals surface area contributed by atoms with E-state index in [2.05, 4.69) is 10.2 Å². The molecular formula is C28H30ClN3O4. The van der Waals surface area contributed by atoms with E-state index in [9.17, 15) is 9.59 Å². The maximum Gasteiger partial charge on any atom is 0.257 e. The highest BCUT2D eigenvalue weighted by atomic mass is 35.5. The van der Waals surface area contributed by atoms with Gasteiger partial charge in [0.05, 0.1) is 18.8 Å². The molecule has 0 aromatic heterocycles. The first-order chi connectivity index (χ1) is 17.3. The molecule has 8 heteroatoms. The van der Waals surface area contributed by atoms with Crippen LogP contribution in [0.15, 0.2) is 66.7 Å². The Bertz CT molecular complexity index is 1200. The number of carbonyl (C=O) groups is 2. The molecule has 1 saturated heterocycles. The molecule has 0 spiro atoms. The standard InChI is InChI=1S/C28H30ClN3O4/c1-19(2)36-24-11-4-20(5-12-24)27(33)30-22-7-9-23(10-8-22)31-14-16-32(17-15-31)28(34)25-18-21(29)6-13-26(25)35-3/h4-13,18-19H,14-17H2,1-3H3,(H,30,33). The molecule has 0 aliphatic carbocycles. The molecule has 0 bridgehead atoms. The van der Waals surface area contributed by atoms with Crippen LogP contribution in [0.2, 0.25) is 5.02 Å². The van der Waals surface area contributed by atoms with Crippen LogP contribution in [0.5, 0.6) is 11.5 Å². The molecule has 1 aliphatic heterocycles. The van der Waals surface area contributed by atoms with Gasteiger partial charge in [0.1, 0.15) is 11.5 Å². The van der Waals surface area contributed by atoms with Crippen LogP contribution in [0.25, 0.3) is 0 Å². The lowest BCUT2D eigenvalue weighted by atomic mass is 10.1. The molecule has 0 unspecified atom stereocenters. The number of ether oxygens (including phenoxy) is 2. The quantitative estimate of drug-likeness (QED) is 0.466. The number of carbonyl (C=O) groups excluding carboxylic acids is 2. The highest BCUT2D eigenvalue weighted by Crippen LogP contribution is 2.26. The first kappa shape index (κ1) is 25.4. The van der Waals surface area contributed by atoms with Crippen LogP contribution in [-0.4, -0.2) is 56.1 Å². The molecule has 1 fully saturated rings. The molecule has 3 aromatic rings. The Labute approximate surface area is 216 Å². The van der Waals surface area contributed by atoms with Crippen molar-refractivity contribution < 1.29 is 19.1 Å². The topological polar surface area (TPSA) is 71.1 Å². The molecule has 0 atom stereocenters. The van der Waals surface area contributed by atoms with E-state index in [1.807, 2.05) is 43.0 Å². The summed E-state index contributed by atoms with van der Waals surface area (Å²) in [7, 11) is 1.54. The van der Waals surface area contributed by atoms with Crippen molar-refractivity contribution >= 4 is 34.8 Å². The van der Waals surface area contributed by atoms with Gasteiger partial charge in [-0.3, -0.25) is 9.59 Å². The Kier molecular flexibility index (Phi) is 8.00. The SMILES string of the molecule is COc1ccc(Cl)cc1C(=O)N1CCN(c2ccc(NC(=O)c3ccc(OC(C)C)cc3)cc2)CC1. The number of rotatable bonds is 7. The molecule has 1 aliphatic rings. The summed E-state index contributed by atoms with van der Waals surface area (Å²) in [6.07, 6.45) is 0.0816. The molecule has 2 amide bonds. The van der Waals surface area contributed by atoms with E-state index in [4.69, 9.17) is 21.1 Å². The fourth-order valence-corrected chi connectivity index (χ4v) is 4.27. The number of nitrogens with one attached hydrogen (secondary N) is 1. The van der Waals surface area contributed by atoms with Crippen molar-refractivity contribution in [3.05, 3.63) is 82.9 Å². The number of piperazine rings is 1. The number of halogens is 1. The minimum absolute atomic E-state index is 0.0816. The highest BCUT2D eigenvalue weighted by Gasteiger charge is 2.24. The van der Waals surface area contributed by atoms with E-state index >= 15 is 0 Å². The van der Waals surface area contributed by atoms with Crippen LogP contribution in [-0.2, 0) is 0 Å². The summed E-state index contributed by atoms with van der Waals surface area (Å²) in [4.78, 5) is 29.7. The third kappa shape index (κ3) is 6.10. The second-order valence-electron chi connectivity index (χ2n) is 8.82. The summed E-state index contributed by atoms with van der Waals surface area (Å²) < 4.78 is 11.0. The zero-order valence-electron chi connectivity index (χ0n) is 20.7. The van der Waals surface area contributed by atoms with Gasteiger partial charge in [0.25, 0.3) is 11.8 Å². The Morgan fingerprint density at radius 2 is 1.58 bits per heavy atom. The Morgan fingerprint density at radius 1 is 0.917 bits per heavy atom. The number of anilines is 2. The van der Waals surface area contributed by atoms with E-state index in [-0.39, 0.29) is 17.9 Å². The average molecular weight is 508 g/mol. The second kappa shape index (κ2) is 11.4. The fraction of sp³-hybridized carbons (Fsp3) is 0.286. The van der Waals surface area contributed by atoms with Gasteiger partial charge in [-0.05, 0) is 80.6 Å². The van der Waals surface area contributed by atoms with Crippen molar-refractivity contribution in [3.63, 3.8) is 0 Å². The van der Waals surface area contributed by atoms with Crippen molar-refractivity contribution in [2.45, 2.75) is 20.0 Å². The number of benzene rings is 3. The minimum atomic E-state index is -0.178. The normalized spacial score (nSPS) is 13.5. The fourth-order valence-electron chi connectivity index (χ4n) is 4.10. The van der Waals surface area contributed by atoms with Crippen molar-refractivity contribution in [1.82, 2.24) is 4.90 Å². The highest BCUT2D eigenvalue weighted by molar-refractivity contribution is 6.31. The number of hydrogen-bond acceptors (Lipinski definition) is 5. The third-order valence-electron chi connectivity index (χ3n) is 5.94. The third-order valence-corrected chi connectivity index (χ3v) is 6.17. The molecule has 1 N–H and O–H groups in total. The lowest BCUT2D eigenvalue weighted by Crippen LogP contribution is -2.48. The lowest BCUT2D eigenvalue weighted by molar-refractivity contribution is 0.0743. The van der Waals surface area contributed by atoms with Crippen LogP contribution in [0.1, 0.15) is 34.6 Å². The second-order valence-corrected chi connectivity index (χ2v) is 9.25. The Hall–Kier alpha value is -3.71. The zero-order valence-corrected chi connectivity index (χ0v) is 21.4. The number of amides is 2. The van der Waals surface area contributed by atoms with Gasteiger partial charge in [0.2, 0.25) is 0 Å². The average Bonchev–Trinajstić information content (AvgIpc) is 2.89. The van der Waals surface area contributed by atoms with Gasteiger partial charge in [-0.2, -0.15) is 0 Å². The van der Waals surface area contributed by atoms with Crippen LogP contribution in [0, 0.1) is 0 Å². The molecule has 7 nitrogen and oxygen atoms in total. The summed E-state index contributed by atoms with van der Waals surface area (Å²) in [6, 6.07) is 19.9. The van der Waals surface area contributed by atoms with Crippen molar-refractivity contribution in [1.29, 1.82) is 0 Å². The van der Waals surface area contributed by atoms with Crippen LogP contribution >= 0.6 is 11.6 Å². The summed E-state index contributed by atoms with van der Waals surface area (Å²) in [6.45, 7) is 6.49. The summed E-state index contributed by atoms with van der Waals surface area (Å²) in [5, 5.41) is 3.43.